The maximum atomic E-state index is 12.6. The van der Waals surface area contributed by atoms with Gasteiger partial charge in [0.1, 0.15) is 18.1 Å². The van der Waals surface area contributed by atoms with Crippen molar-refractivity contribution in [2.75, 3.05) is 0 Å². The maximum absolute atomic E-state index is 12.6. The highest BCUT2D eigenvalue weighted by atomic mass is 35.5. The van der Waals surface area contributed by atoms with E-state index < -0.39 is 0 Å². The normalized spacial score (nSPS) is 11.0. The molecule has 4 rings (SSSR count). The van der Waals surface area contributed by atoms with Gasteiger partial charge in [0.25, 0.3) is 5.56 Å². The van der Waals surface area contributed by atoms with Crippen molar-refractivity contribution in [2.24, 2.45) is 0 Å². The first kappa shape index (κ1) is 19.0. The molecule has 1 N–H and O–H groups in total. The predicted molar refractivity (Wildman–Crippen MR) is 112 cm³/mol. The summed E-state index contributed by atoms with van der Waals surface area (Å²) in [5, 5.41) is 3.92. The molecule has 2 heterocycles. The Bertz CT molecular complexity index is 1240. The highest BCUT2D eigenvalue weighted by Gasteiger charge is 2.10. The van der Waals surface area contributed by atoms with Gasteiger partial charge in [-0.1, -0.05) is 23.2 Å². The quantitative estimate of drug-likeness (QED) is 0.543. The van der Waals surface area contributed by atoms with Crippen LogP contribution in [0, 0.1) is 6.92 Å². The van der Waals surface area contributed by atoms with Crippen LogP contribution in [0.15, 0.2) is 70.1 Å². The van der Waals surface area contributed by atoms with E-state index in [2.05, 4.69) is 10.3 Å². The van der Waals surface area contributed by atoms with Crippen LogP contribution in [0.1, 0.15) is 11.3 Å². The average Bonchev–Trinajstić information content (AvgIpc) is 3.18. The van der Waals surface area contributed by atoms with Crippen molar-refractivity contribution < 1.29 is 9.21 Å². The molecule has 0 fully saturated rings. The zero-order chi connectivity index (χ0) is 20.4. The molecule has 7 heteroatoms. The third kappa shape index (κ3) is 4.22. The van der Waals surface area contributed by atoms with Crippen LogP contribution in [0.5, 0.6) is 0 Å². The molecule has 6 nitrogen and oxygen atoms in total. The van der Waals surface area contributed by atoms with E-state index >= 15 is 0 Å². The van der Waals surface area contributed by atoms with E-state index in [1.54, 1.807) is 30.3 Å². The van der Waals surface area contributed by atoms with Crippen LogP contribution in [0.3, 0.4) is 0 Å². The number of nitrogens with one attached hydrogen (secondary N) is 1. The fourth-order valence-corrected chi connectivity index (χ4v) is 3.15. The third-order valence-electron chi connectivity index (χ3n) is 4.54. The van der Waals surface area contributed by atoms with E-state index in [0.717, 1.165) is 11.1 Å². The Morgan fingerprint density at radius 2 is 1.93 bits per heavy atom. The molecule has 0 spiro atoms. The number of rotatable bonds is 5. The minimum Gasteiger partial charge on any atom is -0.459 e. The smallest absolute Gasteiger partial charge is 0.261 e. The van der Waals surface area contributed by atoms with Crippen molar-refractivity contribution in [1.29, 1.82) is 0 Å². The van der Waals surface area contributed by atoms with Gasteiger partial charge in [0.15, 0.2) is 0 Å². The Hall–Kier alpha value is -3.38. The molecule has 29 heavy (non-hydrogen) atoms. The van der Waals surface area contributed by atoms with E-state index in [0.29, 0.717) is 27.4 Å². The maximum Gasteiger partial charge on any atom is 0.261 e. The van der Waals surface area contributed by atoms with Gasteiger partial charge in [-0.05, 0) is 55.5 Å². The minimum absolute atomic E-state index is 0.111. The Morgan fingerprint density at radius 1 is 1.14 bits per heavy atom. The van der Waals surface area contributed by atoms with E-state index in [1.807, 2.05) is 31.2 Å². The summed E-state index contributed by atoms with van der Waals surface area (Å²) in [4.78, 5) is 29.1. The van der Waals surface area contributed by atoms with Gasteiger partial charge in [0.2, 0.25) is 5.91 Å². The van der Waals surface area contributed by atoms with E-state index in [4.69, 9.17) is 16.0 Å². The van der Waals surface area contributed by atoms with E-state index in [1.165, 1.54) is 10.9 Å². The number of halogens is 1. The van der Waals surface area contributed by atoms with Crippen molar-refractivity contribution in [3.63, 3.8) is 0 Å². The molecule has 2 aromatic carbocycles. The van der Waals surface area contributed by atoms with Crippen molar-refractivity contribution in [2.45, 2.75) is 20.0 Å². The standard InChI is InChI=1S/C22H18ClN3O3/c1-14-2-8-19-18(10-14)22(28)26(13-25-19)12-21(27)24-11-17-7-9-20(29-17)15-3-5-16(23)6-4-15/h2-10,13H,11-12H2,1H3,(H,24,27). The van der Waals surface area contributed by atoms with Gasteiger partial charge >= 0.3 is 0 Å². The SMILES string of the molecule is Cc1ccc2ncn(CC(=O)NCc3ccc(-c4ccc(Cl)cc4)o3)c(=O)c2c1. The number of furan rings is 1. The van der Waals surface area contributed by atoms with Gasteiger partial charge in [0.05, 0.1) is 23.8 Å². The first-order chi connectivity index (χ1) is 14.0. The zero-order valence-electron chi connectivity index (χ0n) is 15.7. The molecular weight excluding hydrogens is 390 g/mol. The van der Waals surface area contributed by atoms with Crippen molar-refractivity contribution in [1.82, 2.24) is 14.9 Å². The number of amides is 1. The fourth-order valence-electron chi connectivity index (χ4n) is 3.02. The second kappa shape index (κ2) is 7.93. The lowest BCUT2D eigenvalue weighted by atomic mass is 10.2. The topological polar surface area (TPSA) is 77.1 Å². The highest BCUT2D eigenvalue weighted by molar-refractivity contribution is 6.30. The van der Waals surface area contributed by atoms with Gasteiger partial charge in [-0.25, -0.2) is 4.98 Å². The van der Waals surface area contributed by atoms with Crippen molar-refractivity contribution in [3.05, 3.63) is 87.6 Å². The predicted octanol–water partition coefficient (Wildman–Crippen LogP) is 3.93. The van der Waals surface area contributed by atoms with Crippen LogP contribution < -0.4 is 10.9 Å². The molecule has 0 aliphatic rings. The lowest BCUT2D eigenvalue weighted by molar-refractivity contribution is -0.121. The average molecular weight is 408 g/mol. The molecule has 0 saturated heterocycles. The van der Waals surface area contributed by atoms with Gasteiger partial charge in [0, 0.05) is 10.6 Å². The molecule has 0 aliphatic heterocycles. The fraction of sp³-hybridized carbons (Fsp3) is 0.136. The van der Waals surface area contributed by atoms with Crippen LogP contribution in [-0.2, 0) is 17.9 Å². The van der Waals surface area contributed by atoms with Crippen LogP contribution in [0.4, 0.5) is 0 Å². The number of carbonyl (C=O) groups excluding carboxylic acids is 1. The van der Waals surface area contributed by atoms with Crippen LogP contribution >= 0.6 is 11.6 Å². The molecule has 0 bridgehead atoms. The van der Waals surface area contributed by atoms with Crippen molar-refractivity contribution >= 4 is 28.4 Å². The zero-order valence-corrected chi connectivity index (χ0v) is 16.4. The molecule has 2 aromatic heterocycles. The second-order valence-corrected chi connectivity index (χ2v) is 7.18. The molecule has 0 radical (unpaired) electrons. The Balaban J connectivity index is 1.42. The Morgan fingerprint density at radius 3 is 2.72 bits per heavy atom. The summed E-state index contributed by atoms with van der Waals surface area (Å²) >= 11 is 5.90. The van der Waals surface area contributed by atoms with E-state index in [-0.39, 0.29) is 24.6 Å². The number of benzene rings is 2. The van der Waals surface area contributed by atoms with E-state index in [9.17, 15) is 9.59 Å². The molecule has 0 atom stereocenters. The third-order valence-corrected chi connectivity index (χ3v) is 4.80. The van der Waals surface area contributed by atoms with Gasteiger partial charge in [-0.15, -0.1) is 0 Å². The monoisotopic (exact) mass is 407 g/mol. The number of hydrogen-bond donors (Lipinski definition) is 1. The molecular formula is C22H18ClN3O3. The number of aryl methyl sites for hydroxylation is 1. The van der Waals surface area contributed by atoms with Crippen LogP contribution in [0.2, 0.25) is 5.02 Å². The van der Waals surface area contributed by atoms with Gasteiger partial charge in [-0.2, -0.15) is 0 Å². The molecule has 0 saturated carbocycles. The first-order valence-electron chi connectivity index (χ1n) is 9.07. The summed E-state index contributed by atoms with van der Waals surface area (Å²) in [7, 11) is 0. The summed E-state index contributed by atoms with van der Waals surface area (Å²) < 4.78 is 7.07. The number of hydrogen-bond acceptors (Lipinski definition) is 4. The molecule has 0 unspecified atom stereocenters. The largest absolute Gasteiger partial charge is 0.459 e. The number of carbonyl (C=O) groups is 1. The Labute approximate surface area is 171 Å². The molecule has 0 aliphatic carbocycles. The Kier molecular flexibility index (Phi) is 5.18. The molecule has 1 amide bonds. The highest BCUT2D eigenvalue weighted by Crippen LogP contribution is 2.23. The number of fused-ring (bicyclic) bond motifs is 1. The second-order valence-electron chi connectivity index (χ2n) is 6.75. The first-order valence-corrected chi connectivity index (χ1v) is 9.44. The van der Waals surface area contributed by atoms with Crippen LogP contribution in [0.25, 0.3) is 22.2 Å². The van der Waals surface area contributed by atoms with Gasteiger partial charge in [-0.3, -0.25) is 14.2 Å². The summed E-state index contributed by atoms with van der Waals surface area (Å²) in [6, 6.07) is 16.4. The molecule has 4 aromatic rings. The lowest BCUT2D eigenvalue weighted by Crippen LogP contribution is -2.32. The minimum atomic E-state index is -0.301. The lowest BCUT2D eigenvalue weighted by Gasteiger charge is -2.07. The van der Waals surface area contributed by atoms with Crippen LogP contribution in [-0.4, -0.2) is 15.5 Å². The summed E-state index contributed by atoms with van der Waals surface area (Å²) in [6.07, 6.45) is 1.39. The van der Waals surface area contributed by atoms with Gasteiger partial charge < -0.3 is 9.73 Å². The van der Waals surface area contributed by atoms with Crippen molar-refractivity contribution in [3.8, 4) is 11.3 Å². The summed E-state index contributed by atoms with van der Waals surface area (Å²) in [5.74, 6) is 1.00. The summed E-state index contributed by atoms with van der Waals surface area (Å²) in [6.45, 7) is 2.02. The molecule has 146 valence electrons. The summed E-state index contributed by atoms with van der Waals surface area (Å²) in [5.41, 5.74) is 2.24. The number of nitrogens with zero attached hydrogens (tertiary/aromatic N) is 2. The number of aromatic nitrogens is 2.